The van der Waals surface area contributed by atoms with Crippen molar-refractivity contribution in [1.82, 2.24) is 29.7 Å². The molecule has 1 amide bonds. The number of amides is 1. The van der Waals surface area contributed by atoms with Crippen LogP contribution in [0.2, 0.25) is 0 Å². The van der Waals surface area contributed by atoms with Crippen molar-refractivity contribution in [2.24, 2.45) is 0 Å². The second-order valence-electron chi connectivity index (χ2n) is 6.86. The SMILES string of the molecule is CCCCCn1nc(C(=O)NCc2nnc3ccccn23)c2ccccc2c1=O. The largest absolute Gasteiger partial charge is 0.343 e. The predicted octanol–water partition coefficient (Wildman–Crippen LogP) is 2.56. The van der Waals surface area contributed by atoms with Gasteiger partial charge in [-0.05, 0) is 24.6 Å². The number of fused-ring (bicyclic) bond motifs is 2. The summed E-state index contributed by atoms with van der Waals surface area (Å²) in [4.78, 5) is 25.7. The lowest BCUT2D eigenvalue weighted by Gasteiger charge is -2.11. The van der Waals surface area contributed by atoms with Crippen molar-refractivity contribution >= 4 is 22.3 Å². The van der Waals surface area contributed by atoms with Crippen molar-refractivity contribution in [2.45, 2.75) is 39.3 Å². The molecule has 148 valence electrons. The average Bonchev–Trinajstić information content (AvgIpc) is 3.17. The minimum Gasteiger partial charge on any atom is -0.343 e. The molecule has 1 N–H and O–H groups in total. The smallest absolute Gasteiger partial charge is 0.274 e. The number of benzene rings is 1. The van der Waals surface area contributed by atoms with E-state index in [1.54, 1.807) is 24.3 Å². The van der Waals surface area contributed by atoms with Crippen LogP contribution < -0.4 is 10.9 Å². The van der Waals surface area contributed by atoms with Crippen LogP contribution in [-0.4, -0.2) is 30.3 Å². The molecule has 1 aromatic carbocycles. The Balaban J connectivity index is 1.64. The van der Waals surface area contributed by atoms with Crippen LogP contribution in [0.4, 0.5) is 0 Å². The number of hydrogen-bond acceptors (Lipinski definition) is 5. The van der Waals surface area contributed by atoms with Crippen molar-refractivity contribution in [2.75, 3.05) is 0 Å². The number of nitrogens with one attached hydrogen (secondary N) is 1. The first-order valence-corrected chi connectivity index (χ1v) is 9.75. The van der Waals surface area contributed by atoms with E-state index < -0.39 is 0 Å². The third-order valence-corrected chi connectivity index (χ3v) is 4.85. The van der Waals surface area contributed by atoms with Gasteiger partial charge in [0.05, 0.1) is 11.9 Å². The molecule has 0 radical (unpaired) electrons. The molecule has 29 heavy (non-hydrogen) atoms. The van der Waals surface area contributed by atoms with Gasteiger partial charge in [0.2, 0.25) is 0 Å². The van der Waals surface area contributed by atoms with E-state index >= 15 is 0 Å². The summed E-state index contributed by atoms with van der Waals surface area (Å²) >= 11 is 0. The van der Waals surface area contributed by atoms with Crippen LogP contribution in [0.3, 0.4) is 0 Å². The Labute approximate surface area is 167 Å². The van der Waals surface area contributed by atoms with Crippen LogP contribution in [-0.2, 0) is 13.1 Å². The average molecular weight is 390 g/mol. The molecular formula is C21H22N6O2. The molecular weight excluding hydrogens is 368 g/mol. The molecule has 0 spiro atoms. The van der Waals surface area contributed by atoms with E-state index in [9.17, 15) is 9.59 Å². The van der Waals surface area contributed by atoms with Crippen molar-refractivity contribution in [3.05, 3.63) is 70.5 Å². The summed E-state index contributed by atoms with van der Waals surface area (Å²) in [5.41, 5.74) is 0.784. The Morgan fingerprint density at radius 3 is 2.66 bits per heavy atom. The third kappa shape index (κ3) is 3.73. The maximum absolute atomic E-state index is 12.9. The van der Waals surface area contributed by atoms with E-state index in [0.717, 1.165) is 19.3 Å². The maximum Gasteiger partial charge on any atom is 0.274 e. The molecule has 0 aliphatic rings. The Hall–Kier alpha value is -3.55. The van der Waals surface area contributed by atoms with Crippen LogP contribution in [0.25, 0.3) is 16.4 Å². The molecule has 8 heteroatoms. The molecule has 3 aromatic heterocycles. The van der Waals surface area contributed by atoms with Gasteiger partial charge in [0, 0.05) is 18.1 Å². The van der Waals surface area contributed by atoms with Crippen molar-refractivity contribution in [1.29, 1.82) is 0 Å². The fourth-order valence-corrected chi connectivity index (χ4v) is 3.32. The number of pyridine rings is 1. The number of nitrogens with zero attached hydrogens (tertiary/aromatic N) is 5. The van der Waals surface area contributed by atoms with Crippen molar-refractivity contribution in [3.8, 4) is 0 Å². The van der Waals surface area contributed by atoms with Gasteiger partial charge in [0.15, 0.2) is 17.2 Å². The van der Waals surface area contributed by atoms with Gasteiger partial charge in [-0.25, -0.2) is 4.68 Å². The summed E-state index contributed by atoms with van der Waals surface area (Å²) in [7, 11) is 0. The normalized spacial score (nSPS) is 11.2. The molecule has 0 aliphatic carbocycles. The van der Waals surface area contributed by atoms with Crippen LogP contribution in [0.1, 0.15) is 42.5 Å². The highest BCUT2D eigenvalue weighted by molar-refractivity contribution is 6.04. The minimum absolute atomic E-state index is 0.170. The first-order valence-electron chi connectivity index (χ1n) is 9.75. The fraction of sp³-hybridized carbons (Fsp3) is 0.286. The van der Waals surface area contributed by atoms with E-state index in [-0.39, 0.29) is 23.7 Å². The van der Waals surface area contributed by atoms with E-state index in [0.29, 0.717) is 28.8 Å². The molecule has 0 saturated heterocycles. The fourth-order valence-electron chi connectivity index (χ4n) is 3.32. The Morgan fingerprint density at radius 2 is 1.83 bits per heavy atom. The monoisotopic (exact) mass is 390 g/mol. The summed E-state index contributed by atoms with van der Waals surface area (Å²) < 4.78 is 3.22. The lowest BCUT2D eigenvalue weighted by Crippen LogP contribution is -2.31. The first-order chi connectivity index (χ1) is 14.2. The Kier molecular flexibility index (Phi) is 5.33. The van der Waals surface area contributed by atoms with Gasteiger partial charge >= 0.3 is 0 Å². The van der Waals surface area contributed by atoms with E-state index in [2.05, 4.69) is 27.5 Å². The summed E-state index contributed by atoms with van der Waals surface area (Å²) in [6, 6.07) is 12.7. The highest BCUT2D eigenvalue weighted by Crippen LogP contribution is 2.14. The predicted molar refractivity (Wildman–Crippen MR) is 110 cm³/mol. The summed E-state index contributed by atoms with van der Waals surface area (Å²) in [5.74, 6) is 0.271. The van der Waals surface area contributed by atoms with Gasteiger partial charge in [0.1, 0.15) is 0 Å². The number of rotatable bonds is 7. The van der Waals surface area contributed by atoms with Gasteiger partial charge in [0.25, 0.3) is 11.5 Å². The lowest BCUT2D eigenvalue weighted by atomic mass is 10.1. The van der Waals surface area contributed by atoms with Crippen molar-refractivity contribution < 1.29 is 4.79 Å². The van der Waals surface area contributed by atoms with Gasteiger partial charge in [-0.15, -0.1) is 10.2 Å². The standard InChI is InChI=1S/C21H22N6O2/c1-2-3-7-13-27-21(29)16-10-5-4-9-15(16)19(25-27)20(28)22-14-18-24-23-17-11-6-8-12-26(17)18/h4-6,8-12H,2-3,7,13-14H2,1H3,(H,22,28). The number of carbonyl (C=O) groups excluding carboxylic acids is 1. The molecule has 0 saturated carbocycles. The number of carbonyl (C=O) groups is 1. The zero-order chi connectivity index (χ0) is 20.2. The van der Waals surface area contributed by atoms with Gasteiger partial charge in [-0.3, -0.25) is 14.0 Å². The second kappa shape index (κ2) is 8.22. The summed E-state index contributed by atoms with van der Waals surface area (Å²) in [6.45, 7) is 2.80. The molecule has 0 unspecified atom stereocenters. The van der Waals surface area contributed by atoms with Crippen molar-refractivity contribution in [3.63, 3.8) is 0 Å². The second-order valence-corrected chi connectivity index (χ2v) is 6.86. The van der Waals surface area contributed by atoms with E-state index in [1.807, 2.05) is 28.8 Å². The number of aromatic nitrogens is 5. The lowest BCUT2D eigenvalue weighted by molar-refractivity contribution is 0.0944. The first kappa shape index (κ1) is 18.8. The summed E-state index contributed by atoms with van der Waals surface area (Å²) in [5, 5.41) is 16.5. The number of unbranched alkanes of at least 4 members (excludes halogenated alkanes) is 2. The molecule has 3 heterocycles. The zero-order valence-corrected chi connectivity index (χ0v) is 16.2. The quantitative estimate of drug-likeness (QED) is 0.490. The molecule has 0 aliphatic heterocycles. The highest BCUT2D eigenvalue weighted by Gasteiger charge is 2.17. The zero-order valence-electron chi connectivity index (χ0n) is 16.2. The molecule has 0 fully saturated rings. The number of aryl methyl sites for hydroxylation is 1. The molecule has 4 rings (SSSR count). The van der Waals surface area contributed by atoms with Gasteiger partial charge < -0.3 is 5.32 Å². The van der Waals surface area contributed by atoms with E-state index in [4.69, 9.17) is 0 Å². The molecule has 0 atom stereocenters. The molecule has 4 aromatic rings. The number of hydrogen-bond donors (Lipinski definition) is 1. The van der Waals surface area contributed by atoms with Gasteiger partial charge in [-0.2, -0.15) is 5.10 Å². The third-order valence-electron chi connectivity index (χ3n) is 4.85. The Bertz CT molecular complexity index is 1230. The van der Waals surface area contributed by atoms with Crippen LogP contribution in [0, 0.1) is 0 Å². The van der Waals surface area contributed by atoms with Crippen LogP contribution in [0.15, 0.2) is 53.5 Å². The summed E-state index contributed by atoms with van der Waals surface area (Å²) in [6.07, 6.45) is 4.73. The topological polar surface area (TPSA) is 94.2 Å². The molecule has 8 nitrogen and oxygen atoms in total. The maximum atomic E-state index is 12.9. The minimum atomic E-state index is -0.349. The van der Waals surface area contributed by atoms with Crippen LogP contribution >= 0.6 is 0 Å². The van der Waals surface area contributed by atoms with E-state index in [1.165, 1.54) is 4.68 Å². The van der Waals surface area contributed by atoms with Crippen LogP contribution in [0.5, 0.6) is 0 Å². The highest BCUT2D eigenvalue weighted by atomic mass is 16.2. The van der Waals surface area contributed by atoms with Gasteiger partial charge in [-0.1, -0.05) is 44.0 Å². The molecule has 0 bridgehead atoms. The Morgan fingerprint density at radius 1 is 1.03 bits per heavy atom.